The summed E-state index contributed by atoms with van der Waals surface area (Å²) in [5, 5.41) is 3.90. The van der Waals surface area contributed by atoms with Crippen molar-refractivity contribution in [2.45, 2.75) is 31.5 Å². The average molecular weight is 445 g/mol. The molecule has 1 amide bonds. The van der Waals surface area contributed by atoms with Crippen molar-refractivity contribution in [3.05, 3.63) is 94.4 Å². The lowest BCUT2D eigenvalue weighted by atomic mass is 10.1. The van der Waals surface area contributed by atoms with Gasteiger partial charge < -0.3 is 5.32 Å². The van der Waals surface area contributed by atoms with Crippen molar-refractivity contribution in [1.82, 2.24) is 19.9 Å². The number of fused-ring (bicyclic) bond motifs is 1. The van der Waals surface area contributed by atoms with E-state index in [1.807, 2.05) is 49.4 Å². The zero-order valence-corrected chi connectivity index (χ0v) is 18.8. The van der Waals surface area contributed by atoms with E-state index in [1.54, 1.807) is 18.3 Å². The maximum absolute atomic E-state index is 13.2. The Morgan fingerprint density at radius 1 is 1.06 bits per heavy atom. The van der Waals surface area contributed by atoms with Crippen molar-refractivity contribution in [2.24, 2.45) is 0 Å². The van der Waals surface area contributed by atoms with Crippen molar-refractivity contribution < 1.29 is 4.79 Å². The van der Waals surface area contributed by atoms with Gasteiger partial charge in [-0.15, -0.1) is 0 Å². The summed E-state index contributed by atoms with van der Waals surface area (Å²) in [4.78, 5) is 34.6. The number of aromatic nitrogens is 3. The van der Waals surface area contributed by atoms with Crippen molar-refractivity contribution in [3.63, 3.8) is 0 Å². The Bertz CT molecular complexity index is 1290. The number of nitrogens with zero attached hydrogens (tertiary/aromatic N) is 3. The summed E-state index contributed by atoms with van der Waals surface area (Å²) in [6.07, 6.45) is 2.59. The quantitative estimate of drug-likeness (QED) is 0.339. The zero-order valence-electron chi connectivity index (χ0n) is 18.0. The first-order valence-electron chi connectivity index (χ1n) is 10.5. The monoisotopic (exact) mass is 444 g/mol. The van der Waals surface area contributed by atoms with Gasteiger partial charge in [0.15, 0.2) is 10.8 Å². The number of carbonyl (C=O) groups excluding carboxylic acids is 1. The number of pyridine rings is 1. The van der Waals surface area contributed by atoms with Crippen LogP contribution in [0.5, 0.6) is 0 Å². The van der Waals surface area contributed by atoms with Gasteiger partial charge in [0.1, 0.15) is 0 Å². The normalized spacial score (nSPS) is 11.9. The number of rotatable bonds is 7. The van der Waals surface area contributed by atoms with E-state index in [2.05, 4.69) is 34.3 Å². The third-order valence-electron chi connectivity index (χ3n) is 5.23. The van der Waals surface area contributed by atoms with Crippen molar-refractivity contribution in [2.75, 3.05) is 5.75 Å². The standard InChI is InChI=1S/C25H24N4O2S/c1-3-18-11-13-19(14-12-18)17(2)27-22(30)16-32-25-28-23-21(10-7-15-26-23)24(31)29(25)20-8-5-4-6-9-20/h4-15,17H,3,16H2,1-2H3,(H,27,30)/t17-/m0/s1. The number of para-hydroxylation sites is 1. The van der Waals surface area contributed by atoms with Crippen LogP contribution in [-0.4, -0.2) is 26.2 Å². The summed E-state index contributed by atoms with van der Waals surface area (Å²) in [5.74, 6) is 0.00619. The zero-order chi connectivity index (χ0) is 22.5. The van der Waals surface area contributed by atoms with Crippen molar-refractivity contribution in [3.8, 4) is 5.69 Å². The highest BCUT2D eigenvalue weighted by atomic mass is 32.2. The highest BCUT2D eigenvalue weighted by Crippen LogP contribution is 2.21. The summed E-state index contributed by atoms with van der Waals surface area (Å²) in [7, 11) is 0. The van der Waals surface area contributed by atoms with Gasteiger partial charge >= 0.3 is 0 Å². The molecule has 0 bridgehead atoms. The Balaban J connectivity index is 1.55. The minimum absolute atomic E-state index is 0.114. The molecule has 0 unspecified atom stereocenters. The second-order valence-electron chi connectivity index (χ2n) is 7.42. The predicted octanol–water partition coefficient (Wildman–Crippen LogP) is 4.31. The first-order valence-corrected chi connectivity index (χ1v) is 11.5. The second-order valence-corrected chi connectivity index (χ2v) is 8.36. The average Bonchev–Trinajstić information content (AvgIpc) is 2.83. The van der Waals surface area contributed by atoms with E-state index < -0.39 is 0 Å². The van der Waals surface area contributed by atoms with Gasteiger partial charge in [-0.05, 0) is 48.7 Å². The first kappa shape index (κ1) is 21.8. The fourth-order valence-electron chi connectivity index (χ4n) is 3.44. The highest BCUT2D eigenvalue weighted by molar-refractivity contribution is 7.99. The van der Waals surface area contributed by atoms with E-state index in [0.717, 1.165) is 12.0 Å². The van der Waals surface area contributed by atoms with Gasteiger partial charge in [0.25, 0.3) is 5.56 Å². The molecule has 4 aromatic rings. The van der Waals surface area contributed by atoms with Crippen LogP contribution < -0.4 is 10.9 Å². The number of hydrogen-bond acceptors (Lipinski definition) is 5. The number of benzene rings is 2. The molecule has 2 aromatic heterocycles. The first-order chi connectivity index (χ1) is 15.6. The number of carbonyl (C=O) groups is 1. The number of hydrogen-bond donors (Lipinski definition) is 1. The van der Waals surface area contributed by atoms with Gasteiger partial charge in [-0.2, -0.15) is 0 Å². The van der Waals surface area contributed by atoms with Crippen LogP contribution >= 0.6 is 11.8 Å². The number of amides is 1. The number of nitrogens with one attached hydrogen (secondary N) is 1. The minimum Gasteiger partial charge on any atom is -0.349 e. The second kappa shape index (κ2) is 9.78. The van der Waals surface area contributed by atoms with Crippen LogP contribution in [0.25, 0.3) is 16.7 Å². The molecule has 0 saturated carbocycles. The molecule has 0 aliphatic rings. The molecule has 1 atom stereocenters. The Labute approximate surface area is 190 Å². The van der Waals surface area contributed by atoms with E-state index in [1.165, 1.54) is 21.9 Å². The third-order valence-corrected chi connectivity index (χ3v) is 6.16. The largest absolute Gasteiger partial charge is 0.349 e. The van der Waals surface area contributed by atoms with Crippen LogP contribution in [0.3, 0.4) is 0 Å². The molecule has 0 saturated heterocycles. The van der Waals surface area contributed by atoms with E-state index in [9.17, 15) is 9.59 Å². The van der Waals surface area contributed by atoms with Crippen molar-refractivity contribution in [1.29, 1.82) is 0 Å². The molecule has 32 heavy (non-hydrogen) atoms. The fraction of sp³-hybridized carbons (Fsp3) is 0.200. The molecular weight excluding hydrogens is 420 g/mol. The van der Waals surface area contributed by atoms with Gasteiger partial charge in [-0.25, -0.2) is 9.97 Å². The molecule has 1 N–H and O–H groups in total. The molecule has 6 nitrogen and oxygen atoms in total. The van der Waals surface area contributed by atoms with Crippen LogP contribution in [-0.2, 0) is 11.2 Å². The fourth-order valence-corrected chi connectivity index (χ4v) is 4.25. The van der Waals surface area contributed by atoms with Crippen LogP contribution in [0, 0.1) is 0 Å². The number of aryl methyl sites for hydroxylation is 1. The molecule has 4 rings (SSSR count). The maximum Gasteiger partial charge on any atom is 0.268 e. The van der Waals surface area contributed by atoms with Gasteiger partial charge in [0, 0.05) is 6.20 Å². The van der Waals surface area contributed by atoms with Gasteiger partial charge in [0.05, 0.1) is 22.9 Å². The third kappa shape index (κ3) is 4.73. The Hall–Kier alpha value is -3.45. The molecule has 0 radical (unpaired) electrons. The summed E-state index contributed by atoms with van der Waals surface area (Å²) in [6.45, 7) is 4.07. The smallest absolute Gasteiger partial charge is 0.268 e. The SMILES string of the molecule is CCc1ccc([C@H](C)NC(=O)CSc2nc3ncccc3c(=O)n2-c2ccccc2)cc1. The Morgan fingerprint density at radius 2 is 1.81 bits per heavy atom. The van der Waals surface area contributed by atoms with Crippen molar-refractivity contribution >= 4 is 28.7 Å². The van der Waals surface area contributed by atoms with Gasteiger partial charge in [-0.1, -0.05) is 61.2 Å². The van der Waals surface area contributed by atoms with Crippen LogP contribution in [0.1, 0.15) is 31.0 Å². The minimum atomic E-state index is -0.207. The summed E-state index contributed by atoms with van der Waals surface area (Å²) >= 11 is 1.22. The highest BCUT2D eigenvalue weighted by Gasteiger charge is 2.16. The molecule has 2 heterocycles. The Kier molecular flexibility index (Phi) is 6.66. The van der Waals surface area contributed by atoms with E-state index in [-0.39, 0.29) is 23.3 Å². The molecule has 0 spiro atoms. The van der Waals surface area contributed by atoms with E-state index in [0.29, 0.717) is 21.9 Å². The van der Waals surface area contributed by atoms with E-state index >= 15 is 0 Å². The predicted molar refractivity (Wildman–Crippen MR) is 128 cm³/mol. The van der Waals surface area contributed by atoms with Gasteiger partial charge in [0.2, 0.25) is 5.91 Å². The maximum atomic E-state index is 13.2. The molecule has 2 aromatic carbocycles. The lowest BCUT2D eigenvalue weighted by molar-refractivity contribution is -0.119. The molecule has 7 heteroatoms. The molecule has 0 aliphatic carbocycles. The summed E-state index contributed by atoms with van der Waals surface area (Å²) in [6, 6.07) is 20.9. The summed E-state index contributed by atoms with van der Waals surface area (Å²) < 4.78 is 1.54. The van der Waals surface area contributed by atoms with Crippen LogP contribution in [0.15, 0.2) is 82.9 Å². The van der Waals surface area contributed by atoms with Gasteiger partial charge in [-0.3, -0.25) is 14.2 Å². The summed E-state index contributed by atoms with van der Waals surface area (Å²) in [5.41, 5.74) is 3.18. The topological polar surface area (TPSA) is 76.9 Å². The molecule has 162 valence electrons. The lowest BCUT2D eigenvalue weighted by Crippen LogP contribution is -2.29. The number of thioether (sulfide) groups is 1. The van der Waals surface area contributed by atoms with Crippen LogP contribution in [0.2, 0.25) is 0 Å². The van der Waals surface area contributed by atoms with E-state index in [4.69, 9.17) is 0 Å². The molecule has 0 aliphatic heterocycles. The van der Waals surface area contributed by atoms with Crippen LogP contribution in [0.4, 0.5) is 0 Å². The lowest BCUT2D eigenvalue weighted by Gasteiger charge is -2.16. The Morgan fingerprint density at radius 3 is 2.53 bits per heavy atom. The molecule has 0 fully saturated rings. The molecular formula is C25H24N4O2S.